The molecule has 0 saturated heterocycles. The van der Waals surface area contributed by atoms with Gasteiger partial charge in [0.2, 0.25) is 5.57 Å². The number of cyclic esters (lactones) is 1. The number of esters is 1. The van der Waals surface area contributed by atoms with Crippen molar-refractivity contribution in [1.82, 2.24) is 5.32 Å². The zero-order valence-electron chi connectivity index (χ0n) is 11.5. The Labute approximate surface area is 125 Å². The number of hydrogen-bond acceptors (Lipinski definition) is 6. The van der Waals surface area contributed by atoms with Gasteiger partial charge in [0.15, 0.2) is 0 Å². The van der Waals surface area contributed by atoms with Crippen molar-refractivity contribution in [3.05, 3.63) is 47.4 Å². The summed E-state index contributed by atoms with van der Waals surface area (Å²) in [5, 5.41) is 20.2. The highest BCUT2D eigenvalue weighted by molar-refractivity contribution is 6.17. The van der Waals surface area contributed by atoms with E-state index in [1.807, 2.05) is 5.32 Å². The molecule has 1 heterocycles. The van der Waals surface area contributed by atoms with Crippen LogP contribution >= 0.6 is 0 Å². The molecule has 2 rings (SSSR count). The van der Waals surface area contributed by atoms with Crippen LogP contribution in [0.1, 0.15) is 12.5 Å². The first-order valence-corrected chi connectivity index (χ1v) is 6.24. The summed E-state index contributed by atoms with van der Waals surface area (Å²) in [5.41, 5.74) is -0.324. The van der Waals surface area contributed by atoms with E-state index in [4.69, 9.17) is 14.6 Å². The fourth-order valence-corrected chi connectivity index (χ4v) is 1.86. The number of carboxylic acids is 1. The van der Waals surface area contributed by atoms with Gasteiger partial charge in [-0.1, -0.05) is 30.3 Å². The van der Waals surface area contributed by atoms with Crippen LogP contribution < -0.4 is 5.32 Å². The van der Waals surface area contributed by atoms with Gasteiger partial charge in [0.25, 0.3) is 11.7 Å². The summed E-state index contributed by atoms with van der Waals surface area (Å²) in [5.74, 6) is -6.02. The minimum atomic E-state index is -1.58. The van der Waals surface area contributed by atoms with Crippen LogP contribution in [0, 0.1) is 0 Å². The average Bonchev–Trinajstić information content (AvgIpc) is 2.45. The first kappa shape index (κ1) is 15.4. The molecule has 1 atom stereocenters. The molecule has 8 nitrogen and oxygen atoms in total. The molecule has 116 valence electrons. The topological polar surface area (TPSA) is 122 Å². The minimum Gasteiger partial charge on any atom is -0.480 e. The highest BCUT2D eigenvalue weighted by Gasteiger charge is 2.44. The molecule has 0 aliphatic carbocycles. The van der Waals surface area contributed by atoms with E-state index in [0.717, 1.165) is 0 Å². The summed E-state index contributed by atoms with van der Waals surface area (Å²) in [6, 6.07) is 8.37. The molecule has 1 unspecified atom stereocenters. The molecule has 1 aromatic carbocycles. The van der Waals surface area contributed by atoms with Crippen molar-refractivity contribution in [2.24, 2.45) is 0 Å². The Bertz CT molecular complexity index is 652. The van der Waals surface area contributed by atoms with Crippen molar-refractivity contribution in [2.75, 3.05) is 6.54 Å². The molecule has 0 radical (unpaired) electrons. The van der Waals surface area contributed by atoms with E-state index in [0.29, 0.717) is 5.56 Å². The molecule has 1 aromatic rings. The van der Waals surface area contributed by atoms with Gasteiger partial charge in [0.05, 0.1) is 0 Å². The Morgan fingerprint density at radius 2 is 1.86 bits per heavy atom. The van der Waals surface area contributed by atoms with E-state index in [-0.39, 0.29) is 0 Å². The van der Waals surface area contributed by atoms with Crippen LogP contribution in [0.2, 0.25) is 0 Å². The third-order valence-corrected chi connectivity index (χ3v) is 2.92. The lowest BCUT2D eigenvalue weighted by molar-refractivity contribution is -0.236. The zero-order chi connectivity index (χ0) is 16.3. The molecular formula is C14H13NO7. The van der Waals surface area contributed by atoms with Gasteiger partial charge in [-0.05, 0) is 0 Å². The number of rotatable bonds is 4. The van der Waals surface area contributed by atoms with E-state index in [2.05, 4.69) is 0 Å². The molecule has 1 amide bonds. The summed E-state index contributed by atoms with van der Waals surface area (Å²) < 4.78 is 10.2. The van der Waals surface area contributed by atoms with Gasteiger partial charge in [0.1, 0.15) is 6.54 Å². The van der Waals surface area contributed by atoms with E-state index in [9.17, 15) is 19.5 Å². The van der Waals surface area contributed by atoms with Crippen molar-refractivity contribution in [1.29, 1.82) is 0 Å². The quantitative estimate of drug-likeness (QED) is 0.543. The number of carbonyl (C=O) groups excluding carboxylic acids is 2. The second-order valence-corrected chi connectivity index (χ2v) is 4.56. The summed E-state index contributed by atoms with van der Waals surface area (Å²) >= 11 is 0. The fourth-order valence-electron chi connectivity index (χ4n) is 1.86. The molecule has 22 heavy (non-hydrogen) atoms. The van der Waals surface area contributed by atoms with Gasteiger partial charge in [-0.25, -0.2) is 4.79 Å². The average molecular weight is 307 g/mol. The largest absolute Gasteiger partial charge is 0.480 e. The lowest BCUT2D eigenvalue weighted by Crippen LogP contribution is -2.42. The lowest BCUT2D eigenvalue weighted by Gasteiger charge is -2.33. The molecule has 1 aliphatic rings. The summed E-state index contributed by atoms with van der Waals surface area (Å²) in [6.45, 7) is 0.696. The van der Waals surface area contributed by atoms with Crippen LogP contribution in [0.4, 0.5) is 0 Å². The van der Waals surface area contributed by atoms with Crippen LogP contribution in [-0.2, 0) is 29.6 Å². The third-order valence-electron chi connectivity index (χ3n) is 2.92. The number of carbonyl (C=O) groups is 3. The van der Waals surface area contributed by atoms with E-state index in [1.165, 1.54) is 6.92 Å². The van der Waals surface area contributed by atoms with Gasteiger partial charge in [-0.2, -0.15) is 0 Å². The number of carboxylic acid groups (broad SMARTS) is 1. The van der Waals surface area contributed by atoms with Crippen LogP contribution in [0.15, 0.2) is 41.9 Å². The molecular weight excluding hydrogens is 294 g/mol. The molecule has 0 aromatic heterocycles. The number of nitrogens with one attached hydrogen (secondary N) is 1. The monoisotopic (exact) mass is 307 g/mol. The molecule has 0 bridgehead atoms. The van der Waals surface area contributed by atoms with Crippen LogP contribution in [0.25, 0.3) is 0 Å². The minimum absolute atomic E-state index is 0.458. The normalized spacial score (nSPS) is 20.9. The van der Waals surface area contributed by atoms with Crippen LogP contribution in [-0.4, -0.2) is 34.6 Å². The number of aliphatic carboxylic acids is 1. The third kappa shape index (κ3) is 3.00. The van der Waals surface area contributed by atoms with Crippen LogP contribution in [0.3, 0.4) is 0 Å². The van der Waals surface area contributed by atoms with Crippen molar-refractivity contribution < 1.29 is 34.1 Å². The van der Waals surface area contributed by atoms with E-state index < -0.39 is 41.7 Å². The first-order valence-electron chi connectivity index (χ1n) is 6.24. The smallest absolute Gasteiger partial charge is 0.354 e. The molecule has 3 N–H and O–H groups in total. The number of hydrogen-bond donors (Lipinski definition) is 3. The predicted octanol–water partition coefficient (Wildman–Crippen LogP) is 0.403. The molecule has 8 heteroatoms. The highest BCUT2D eigenvalue weighted by Crippen LogP contribution is 2.34. The standard InChI is InChI=1S/C14H13NO7/c1-14(8-5-3-2-4-6-8)21-12(19)10(13(20)22-14)11(18)15-7-9(16)17/h2-6,19H,7H2,1H3,(H,15,18)(H,16,17). The fraction of sp³-hybridized carbons (Fsp3) is 0.214. The van der Waals surface area contributed by atoms with Crippen molar-refractivity contribution in [3.63, 3.8) is 0 Å². The molecule has 0 saturated carbocycles. The maximum absolute atomic E-state index is 12.0. The maximum atomic E-state index is 12.0. The van der Waals surface area contributed by atoms with Gasteiger partial charge < -0.3 is 25.0 Å². The highest BCUT2D eigenvalue weighted by atomic mass is 16.8. The molecule has 0 fully saturated rings. The van der Waals surface area contributed by atoms with Crippen LogP contribution in [0.5, 0.6) is 0 Å². The first-order chi connectivity index (χ1) is 10.3. The predicted molar refractivity (Wildman–Crippen MR) is 71.3 cm³/mol. The van der Waals surface area contributed by atoms with Crippen molar-refractivity contribution in [2.45, 2.75) is 12.7 Å². The Kier molecular flexibility index (Phi) is 4.02. The number of aliphatic hydroxyl groups is 1. The zero-order valence-corrected chi connectivity index (χ0v) is 11.5. The summed E-state index contributed by atoms with van der Waals surface area (Å²) in [7, 11) is 0. The number of aliphatic hydroxyl groups excluding tert-OH is 1. The summed E-state index contributed by atoms with van der Waals surface area (Å²) in [6.07, 6.45) is 0. The van der Waals surface area contributed by atoms with E-state index >= 15 is 0 Å². The van der Waals surface area contributed by atoms with E-state index in [1.54, 1.807) is 30.3 Å². The van der Waals surface area contributed by atoms with Crippen molar-refractivity contribution in [3.8, 4) is 0 Å². The number of amides is 1. The second-order valence-electron chi connectivity index (χ2n) is 4.56. The van der Waals surface area contributed by atoms with Gasteiger partial charge in [-0.3, -0.25) is 9.59 Å². The lowest BCUT2D eigenvalue weighted by atomic mass is 10.1. The SMILES string of the molecule is CC1(c2ccccc2)OC(=O)C(C(=O)NCC(=O)O)=C(O)O1. The number of ether oxygens (including phenoxy) is 2. The Morgan fingerprint density at radius 1 is 1.23 bits per heavy atom. The van der Waals surface area contributed by atoms with Crippen molar-refractivity contribution >= 4 is 17.8 Å². The Balaban J connectivity index is 2.26. The maximum Gasteiger partial charge on any atom is 0.354 e. The van der Waals surface area contributed by atoms with Gasteiger partial charge in [0, 0.05) is 12.5 Å². The number of benzene rings is 1. The van der Waals surface area contributed by atoms with Gasteiger partial charge >= 0.3 is 17.9 Å². The Hall–Kier alpha value is -3.03. The second kappa shape index (κ2) is 5.76. The molecule has 0 spiro atoms. The Morgan fingerprint density at radius 3 is 2.41 bits per heavy atom. The van der Waals surface area contributed by atoms with Gasteiger partial charge in [-0.15, -0.1) is 0 Å². The summed E-state index contributed by atoms with van der Waals surface area (Å²) in [4.78, 5) is 34.0. The molecule has 1 aliphatic heterocycles.